The first-order valence-electron chi connectivity index (χ1n) is 9.05. The highest BCUT2D eigenvalue weighted by Gasteiger charge is 2.30. The fraction of sp³-hybridized carbons (Fsp3) is 0.333. The minimum atomic E-state index is -0.768. The Labute approximate surface area is 158 Å². The third-order valence-electron chi connectivity index (χ3n) is 4.78. The predicted molar refractivity (Wildman–Crippen MR) is 101 cm³/mol. The lowest BCUT2D eigenvalue weighted by atomic mass is 10.0. The van der Waals surface area contributed by atoms with Crippen molar-refractivity contribution in [2.24, 2.45) is 0 Å². The van der Waals surface area contributed by atoms with E-state index in [1.165, 1.54) is 0 Å². The van der Waals surface area contributed by atoms with Gasteiger partial charge in [-0.05, 0) is 42.7 Å². The zero-order valence-electron chi connectivity index (χ0n) is 15.3. The van der Waals surface area contributed by atoms with Crippen LogP contribution in [0.15, 0.2) is 54.6 Å². The molecule has 2 amide bonds. The molecule has 2 N–H and O–H groups in total. The van der Waals surface area contributed by atoms with E-state index in [1.807, 2.05) is 30.3 Å². The van der Waals surface area contributed by atoms with Gasteiger partial charge >= 0.3 is 0 Å². The summed E-state index contributed by atoms with van der Waals surface area (Å²) in [4.78, 5) is 27.5. The summed E-state index contributed by atoms with van der Waals surface area (Å²) < 4.78 is 5.11. The van der Waals surface area contributed by atoms with E-state index in [1.54, 1.807) is 36.3 Å². The molecule has 6 nitrogen and oxygen atoms in total. The van der Waals surface area contributed by atoms with Gasteiger partial charge in [-0.25, -0.2) is 0 Å². The van der Waals surface area contributed by atoms with Crippen LogP contribution < -0.4 is 10.1 Å². The summed E-state index contributed by atoms with van der Waals surface area (Å²) in [7, 11) is 1.56. The maximum absolute atomic E-state index is 13.1. The van der Waals surface area contributed by atoms with Crippen LogP contribution in [0.5, 0.6) is 5.75 Å². The van der Waals surface area contributed by atoms with Crippen molar-refractivity contribution < 1.29 is 19.4 Å². The SMILES string of the molecule is COc1ccc(C(=O)N[C@@H](C(=O)N2CCC(O)CC2)c2ccccc2)cc1. The lowest BCUT2D eigenvalue weighted by molar-refractivity contribution is -0.135. The van der Waals surface area contributed by atoms with Crippen molar-refractivity contribution in [1.82, 2.24) is 10.2 Å². The van der Waals surface area contributed by atoms with E-state index in [-0.39, 0.29) is 17.9 Å². The van der Waals surface area contributed by atoms with E-state index in [0.717, 1.165) is 5.56 Å². The van der Waals surface area contributed by atoms with Gasteiger partial charge < -0.3 is 20.1 Å². The van der Waals surface area contributed by atoms with Gasteiger partial charge in [0.05, 0.1) is 13.2 Å². The highest BCUT2D eigenvalue weighted by Crippen LogP contribution is 2.20. The van der Waals surface area contributed by atoms with Crippen LogP contribution in [-0.2, 0) is 4.79 Å². The number of nitrogens with one attached hydrogen (secondary N) is 1. The summed E-state index contributed by atoms with van der Waals surface area (Å²) >= 11 is 0. The highest BCUT2D eigenvalue weighted by atomic mass is 16.5. The van der Waals surface area contributed by atoms with E-state index in [0.29, 0.717) is 37.2 Å². The molecule has 2 aromatic rings. The molecular formula is C21H24N2O4. The Morgan fingerprint density at radius 3 is 2.30 bits per heavy atom. The average Bonchev–Trinajstić information content (AvgIpc) is 2.72. The van der Waals surface area contributed by atoms with E-state index in [9.17, 15) is 14.7 Å². The van der Waals surface area contributed by atoms with Crippen molar-refractivity contribution in [3.8, 4) is 5.75 Å². The van der Waals surface area contributed by atoms with E-state index in [4.69, 9.17) is 4.74 Å². The number of carbonyl (C=O) groups is 2. The fourth-order valence-corrected chi connectivity index (χ4v) is 3.16. The Morgan fingerprint density at radius 2 is 1.70 bits per heavy atom. The molecule has 1 atom stereocenters. The molecule has 1 heterocycles. The maximum atomic E-state index is 13.1. The molecule has 0 unspecified atom stereocenters. The molecule has 0 aromatic heterocycles. The smallest absolute Gasteiger partial charge is 0.252 e. The van der Waals surface area contributed by atoms with Gasteiger partial charge in [-0.15, -0.1) is 0 Å². The molecule has 1 aliphatic heterocycles. The standard InChI is InChI=1S/C21H24N2O4/c1-27-18-9-7-16(8-10-18)20(25)22-19(15-5-3-2-4-6-15)21(26)23-13-11-17(24)12-14-23/h2-10,17,19,24H,11-14H2,1H3,(H,22,25)/t19-/m1/s1. The molecule has 27 heavy (non-hydrogen) atoms. The number of hydrogen-bond donors (Lipinski definition) is 2. The first-order chi connectivity index (χ1) is 13.1. The minimum absolute atomic E-state index is 0.157. The van der Waals surface area contributed by atoms with Crippen molar-refractivity contribution >= 4 is 11.8 Å². The van der Waals surface area contributed by atoms with Crippen LogP contribution in [0.4, 0.5) is 0 Å². The molecule has 3 rings (SSSR count). The second-order valence-electron chi connectivity index (χ2n) is 6.60. The first kappa shape index (κ1) is 18.9. The van der Waals surface area contributed by atoms with Gasteiger partial charge in [0.15, 0.2) is 0 Å². The van der Waals surface area contributed by atoms with Crippen LogP contribution in [0.25, 0.3) is 0 Å². The van der Waals surface area contributed by atoms with Crippen molar-refractivity contribution in [3.63, 3.8) is 0 Å². The van der Waals surface area contributed by atoms with Gasteiger partial charge in [-0.3, -0.25) is 9.59 Å². The Kier molecular flexibility index (Phi) is 6.08. The van der Waals surface area contributed by atoms with Crippen molar-refractivity contribution in [2.45, 2.75) is 25.0 Å². The maximum Gasteiger partial charge on any atom is 0.252 e. The zero-order valence-corrected chi connectivity index (χ0v) is 15.3. The Bertz CT molecular complexity index is 769. The Morgan fingerprint density at radius 1 is 1.07 bits per heavy atom. The third-order valence-corrected chi connectivity index (χ3v) is 4.78. The summed E-state index contributed by atoms with van der Waals surface area (Å²) in [5, 5.41) is 12.5. The summed E-state index contributed by atoms with van der Waals surface area (Å²) in [6, 6.07) is 15.2. The number of aliphatic hydroxyl groups is 1. The number of aliphatic hydroxyl groups excluding tert-OH is 1. The number of ether oxygens (including phenoxy) is 1. The summed E-state index contributed by atoms with van der Waals surface area (Å²) in [5.74, 6) is 0.181. The topological polar surface area (TPSA) is 78.9 Å². The molecule has 0 spiro atoms. The Balaban J connectivity index is 1.79. The number of methoxy groups -OCH3 is 1. The second kappa shape index (κ2) is 8.68. The molecule has 6 heteroatoms. The molecule has 142 valence electrons. The van der Waals surface area contributed by atoms with Crippen LogP contribution in [-0.4, -0.2) is 48.1 Å². The minimum Gasteiger partial charge on any atom is -0.497 e. The van der Waals surface area contributed by atoms with Gasteiger partial charge in [0.25, 0.3) is 5.91 Å². The van der Waals surface area contributed by atoms with Gasteiger partial charge in [0.2, 0.25) is 5.91 Å². The van der Waals surface area contributed by atoms with E-state index >= 15 is 0 Å². The van der Waals surface area contributed by atoms with Gasteiger partial charge in [-0.2, -0.15) is 0 Å². The van der Waals surface area contributed by atoms with Crippen molar-refractivity contribution in [3.05, 3.63) is 65.7 Å². The molecular weight excluding hydrogens is 344 g/mol. The summed E-state index contributed by atoms with van der Waals surface area (Å²) in [5.41, 5.74) is 1.19. The van der Waals surface area contributed by atoms with Crippen molar-refractivity contribution in [2.75, 3.05) is 20.2 Å². The van der Waals surface area contributed by atoms with Crippen LogP contribution in [0.2, 0.25) is 0 Å². The first-order valence-corrected chi connectivity index (χ1v) is 9.05. The molecule has 1 fully saturated rings. The quantitative estimate of drug-likeness (QED) is 0.848. The number of benzene rings is 2. The molecule has 1 saturated heterocycles. The summed E-state index contributed by atoms with van der Waals surface area (Å²) in [6.07, 6.45) is 0.748. The number of piperidine rings is 1. The highest BCUT2D eigenvalue weighted by molar-refractivity contribution is 5.98. The zero-order chi connectivity index (χ0) is 19.2. The van der Waals surface area contributed by atoms with Crippen LogP contribution >= 0.6 is 0 Å². The third kappa shape index (κ3) is 4.65. The molecule has 2 aromatic carbocycles. The molecule has 0 aliphatic carbocycles. The average molecular weight is 368 g/mol. The largest absolute Gasteiger partial charge is 0.497 e. The molecule has 0 radical (unpaired) electrons. The lowest BCUT2D eigenvalue weighted by Gasteiger charge is -2.33. The predicted octanol–water partition coefficient (Wildman–Crippen LogP) is 2.15. The van der Waals surface area contributed by atoms with Crippen molar-refractivity contribution in [1.29, 1.82) is 0 Å². The number of carbonyl (C=O) groups excluding carboxylic acids is 2. The van der Waals surface area contributed by atoms with E-state index in [2.05, 4.69) is 5.32 Å². The monoisotopic (exact) mass is 368 g/mol. The number of rotatable bonds is 5. The van der Waals surface area contributed by atoms with E-state index < -0.39 is 6.04 Å². The second-order valence-corrected chi connectivity index (χ2v) is 6.60. The normalized spacial score (nSPS) is 15.9. The van der Waals surface area contributed by atoms with Crippen LogP contribution in [0.3, 0.4) is 0 Å². The molecule has 0 saturated carbocycles. The lowest BCUT2D eigenvalue weighted by Crippen LogP contribution is -2.46. The summed E-state index contributed by atoms with van der Waals surface area (Å²) in [6.45, 7) is 0.976. The number of likely N-dealkylation sites (tertiary alicyclic amines) is 1. The molecule has 1 aliphatic rings. The Hall–Kier alpha value is -2.86. The number of amides is 2. The fourth-order valence-electron chi connectivity index (χ4n) is 3.16. The van der Waals surface area contributed by atoms with Gasteiger partial charge in [0.1, 0.15) is 11.8 Å². The number of hydrogen-bond acceptors (Lipinski definition) is 4. The van der Waals surface area contributed by atoms with Crippen LogP contribution in [0, 0.1) is 0 Å². The van der Waals surface area contributed by atoms with Gasteiger partial charge in [0, 0.05) is 18.7 Å². The number of nitrogens with zero attached hydrogens (tertiary/aromatic N) is 1. The van der Waals surface area contributed by atoms with Crippen LogP contribution in [0.1, 0.15) is 34.8 Å². The van der Waals surface area contributed by atoms with Gasteiger partial charge in [-0.1, -0.05) is 30.3 Å². The molecule has 0 bridgehead atoms.